The standard InChI is InChI=1S/C18H27NO5S/c1-17(2,3)24-16(22)19-14(15(20)21)18(4,5)25-11-12-7-9-13(23-6)10-8-12/h7-10,14H,11H2,1-6H3,(H,19,22)(H,20,21). The predicted octanol–water partition coefficient (Wildman–Crippen LogP) is 3.68. The number of carbonyl (C=O) groups is 2. The summed E-state index contributed by atoms with van der Waals surface area (Å²) in [6.45, 7) is 8.76. The number of carbonyl (C=O) groups excluding carboxylic acids is 1. The molecule has 1 aromatic carbocycles. The quantitative estimate of drug-likeness (QED) is 0.762. The largest absolute Gasteiger partial charge is 0.497 e. The molecule has 0 radical (unpaired) electrons. The topological polar surface area (TPSA) is 84.9 Å². The molecule has 1 aromatic rings. The Bertz CT molecular complexity index is 592. The van der Waals surface area contributed by atoms with Crippen LogP contribution in [0, 0.1) is 0 Å². The Hall–Kier alpha value is -1.89. The fourth-order valence-electron chi connectivity index (χ4n) is 2.03. The molecule has 25 heavy (non-hydrogen) atoms. The van der Waals surface area contributed by atoms with E-state index in [9.17, 15) is 14.7 Å². The number of nitrogens with one attached hydrogen (secondary N) is 1. The molecule has 140 valence electrons. The normalized spacial score (nSPS) is 13.0. The van der Waals surface area contributed by atoms with Gasteiger partial charge >= 0.3 is 12.1 Å². The zero-order chi connectivity index (χ0) is 19.3. The van der Waals surface area contributed by atoms with E-state index in [0.29, 0.717) is 5.75 Å². The SMILES string of the molecule is COc1ccc(CSC(C)(C)C(NC(=O)OC(C)(C)C)C(=O)O)cc1. The van der Waals surface area contributed by atoms with Crippen LogP contribution in [0.1, 0.15) is 40.2 Å². The van der Waals surface area contributed by atoms with Crippen molar-refractivity contribution in [1.82, 2.24) is 5.32 Å². The summed E-state index contributed by atoms with van der Waals surface area (Å²) >= 11 is 1.45. The highest BCUT2D eigenvalue weighted by molar-refractivity contribution is 7.99. The Kier molecular flexibility index (Phi) is 7.17. The van der Waals surface area contributed by atoms with Gasteiger partial charge in [-0.1, -0.05) is 12.1 Å². The molecule has 0 bridgehead atoms. The molecular weight excluding hydrogens is 342 g/mol. The lowest BCUT2D eigenvalue weighted by Crippen LogP contribution is -2.53. The van der Waals surface area contributed by atoms with Gasteiger partial charge < -0.3 is 19.9 Å². The minimum absolute atomic E-state index is 0.608. The van der Waals surface area contributed by atoms with Gasteiger partial charge in [0.1, 0.15) is 17.4 Å². The van der Waals surface area contributed by atoms with Crippen molar-refractivity contribution in [2.75, 3.05) is 7.11 Å². The smallest absolute Gasteiger partial charge is 0.408 e. The van der Waals surface area contributed by atoms with Gasteiger partial charge in [0.15, 0.2) is 0 Å². The van der Waals surface area contributed by atoms with Crippen molar-refractivity contribution in [2.24, 2.45) is 0 Å². The highest BCUT2D eigenvalue weighted by Gasteiger charge is 2.38. The molecule has 0 heterocycles. The number of alkyl carbamates (subject to hydrolysis) is 1. The summed E-state index contributed by atoms with van der Waals surface area (Å²) in [5.74, 6) is 0.276. The number of thioether (sulfide) groups is 1. The first-order valence-electron chi connectivity index (χ1n) is 7.94. The lowest BCUT2D eigenvalue weighted by atomic mass is 10.0. The Balaban J connectivity index is 2.75. The molecule has 0 spiro atoms. The number of amides is 1. The molecule has 0 saturated heterocycles. The van der Waals surface area contributed by atoms with E-state index in [1.54, 1.807) is 41.7 Å². The number of hydrogen-bond donors (Lipinski definition) is 2. The van der Waals surface area contributed by atoms with Gasteiger partial charge in [0.2, 0.25) is 0 Å². The van der Waals surface area contributed by atoms with E-state index in [4.69, 9.17) is 9.47 Å². The molecule has 0 fully saturated rings. The lowest BCUT2D eigenvalue weighted by molar-refractivity contribution is -0.140. The van der Waals surface area contributed by atoms with E-state index < -0.39 is 28.5 Å². The second kappa shape index (κ2) is 8.47. The van der Waals surface area contributed by atoms with Crippen molar-refractivity contribution in [3.05, 3.63) is 29.8 Å². The summed E-state index contributed by atoms with van der Waals surface area (Å²) in [5, 5.41) is 12.0. The van der Waals surface area contributed by atoms with Crippen LogP contribution in [0.5, 0.6) is 5.75 Å². The second-order valence-corrected chi connectivity index (χ2v) is 8.79. The number of benzene rings is 1. The third-order valence-corrected chi connectivity index (χ3v) is 4.83. The van der Waals surface area contributed by atoms with Crippen molar-refractivity contribution >= 4 is 23.8 Å². The van der Waals surface area contributed by atoms with E-state index >= 15 is 0 Å². The third-order valence-electron chi connectivity index (χ3n) is 3.37. The minimum atomic E-state index is -1.10. The predicted molar refractivity (Wildman–Crippen MR) is 99.2 cm³/mol. The molecule has 1 rings (SSSR count). The van der Waals surface area contributed by atoms with Crippen LogP contribution >= 0.6 is 11.8 Å². The molecular formula is C18H27NO5S. The zero-order valence-electron chi connectivity index (χ0n) is 15.6. The van der Waals surface area contributed by atoms with Gasteiger partial charge in [0.25, 0.3) is 0 Å². The number of methoxy groups -OCH3 is 1. The van der Waals surface area contributed by atoms with Crippen molar-refractivity contribution < 1.29 is 24.2 Å². The summed E-state index contributed by atoms with van der Waals surface area (Å²) < 4.78 is 9.55. The van der Waals surface area contributed by atoms with Crippen molar-refractivity contribution in [2.45, 2.75) is 56.8 Å². The molecule has 6 nitrogen and oxygen atoms in total. The molecule has 1 unspecified atom stereocenters. The van der Waals surface area contributed by atoms with E-state index in [0.717, 1.165) is 11.3 Å². The van der Waals surface area contributed by atoms with Crippen LogP contribution < -0.4 is 10.1 Å². The van der Waals surface area contributed by atoms with Crippen molar-refractivity contribution in [3.63, 3.8) is 0 Å². The average molecular weight is 369 g/mol. The molecule has 0 aliphatic heterocycles. The number of aliphatic carboxylic acids is 1. The van der Waals surface area contributed by atoms with Gasteiger partial charge in [-0.15, -0.1) is 11.8 Å². The van der Waals surface area contributed by atoms with E-state index in [1.807, 2.05) is 24.3 Å². The van der Waals surface area contributed by atoms with Gasteiger partial charge in [-0.05, 0) is 52.3 Å². The summed E-state index contributed by atoms with van der Waals surface area (Å²) in [4.78, 5) is 23.6. The van der Waals surface area contributed by atoms with E-state index in [1.165, 1.54) is 11.8 Å². The van der Waals surface area contributed by atoms with Gasteiger partial charge in [0, 0.05) is 10.5 Å². The van der Waals surface area contributed by atoms with Gasteiger partial charge in [-0.3, -0.25) is 0 Å². The first-order chi connectivity index (χ1) is 11.4. The van der Waals surface area contributed by atoms with E-state index in [-0.39, 0.29) is 0 Å². The number of carboxylic acid groups (broad SMARTS) is 1. The summed E-state index contributed by atoms with van der Waals surface area (Å²) in [6, 6.07) is 6.50. The first-order valence-corrected chi connectivity index (χ1v) is 8.92. The lowest BCUT2D eigenvalue weighted by Gasteiger charge is -2.32. The first kappa shape index (κ1) is 21.2. The number of hydrogen-bond acceptors (Lipinski definition) is 5. The molecule has 2 N–H and O–H groups in total. The molecule has 0 saturated carbocycles. The maximum Gasteiger partial charge on any atom is 0.408 e. The van der Waals surface area contributed by atoms with Crippen LogP contribution in [0.15, 0.2) is 24.3 Å². The Morgan fingerprint density at radius 2 is 1.72 bits per heavy atom. The Morgan fingerprint density at radius 1 is 1.16 bits per heavy atom. The van der Waals surface area contributed by atoms with Gasteiger partial charge in [-0.2, -0.15) is 0 Å². The third kappa shape index (κ3) is 7.25. The highest BCUT2D eigenvalue weighted by atomic mass is 32.2. The molecule has 0 aliphatic rings. The van der Waals surface area contributed by atoms with Crippen LogP contribution in [-0.4, -0.2) is 40.7 Å². The van der Waals surface area contributed by atoms with Gasteiger partial charge in [-0.25, -0.2) is 9.59 Å². The average Bonchev–Trinajstić information content (AvgIpc) is 2.49. The monoisotopic (exact) mass is 369 g/mol. The molecule has 1 amide bonds. The Labute approximate surface area is 153 Å². The summed E-state index contributed by atoms with van der Waals surface area (Å²) in [5.41, 5.74) is 0.355. The van der Waals surface area contributed by atoms with Crippen molar-refractivity contribution in [1.29, 1.82) is 0 Å². The maximum atomic E-state index is 11.9. The molecule has 1 atom stereocenters. The second-order valence-electron chi connectivity index (χ2n) is 7.16. The minimum Gasteiger partial charge on any atom is -0.497 e. The Morgan fingerprint density at radius 3 is 2.16 bits per heavy atom. The molecule has 0 aromatic heterocycles. The molecule has 7 heteroatoms. The molecule has 0 aliphatic carbocycles. The van der Waals surface area contributed by atoms with Crippen LogP contribution in [-0.2, 0) is 15.3 Å². The van der Waals surface area contributed by atoms with Crippen LogP contribution in [0.25, 0.3) is 0 Å². The number of ether oxygens (including phenoxy) is 2. The number of carboxylic acids is 1. The summed E-state index contributed by atoms with van der Waals surface area (Å²) in [6.07, 6.45) is -0.738. The van der Waals surface area contributed by atoms with Crippen molar-refractivity contribution in [3.8, 4) is 5.75 Å². The van der Waals surface area contributed by atoms with E-state index in [2.05, 4.69) is 5.32 Å². The van der Waals surface area contributed by atoms with Gasteiger partial charge in [0.05, 0.1) is 7.11 Å². The fourth-order valence-corrected chi connectivity index (χ4v) is 3.09. The maximum absolute atomic E-state index is 11.9. The van der Waals surface area contributed by atoms with Crippen LogP contribution in [0.2, 0.25) is 0 Å². The van der Waals surface area contributed by atoms with Crippen LogP contribution in [0.4, 0.5) is 4.79 Å². The summed E-state index contributed by atoms with van der Waals surface area (Å²) in [7, 11) is 1.60. The highest BCUT2D eigenvalue weighted by Crippen LogP contribution is 2.32. The van der Waals surface area contributed by atoms with Crippen LogP contribution in [0.3, 0.4) is 0 Å². The fraction of sp³-hybridized carbons (Fsp3) is 0.556. The zero-order valence-corrected chi connectivity index (χ0v) is 16.4. The number of rotatable bonds is 7.